The standard InChI is InChI=1S/C17H14Cl5NO4/c1-5(18)2-3-26-23-14(24)6-7(15(23)25)11-9-8(10(6)27-11)16(21)4-17(9,22)13(20)12(16)19/h2,6-11H,3-4H2,1H3/b5-2-/t6-,7+,8-,9-,10+,11-,16-,17-/m0/s1. The van der Waals surface area contributed by atoms with Gasteiger partial charge in [-0.2, -0.15) is 5.06 Å². The van der Waals surface area contributed by atoms with Gasteiger partial charge in [0.15, 0.2) is 0 Å². The molecule has 8 atom stereocenters. The van der Waals surface area contributed by atoms with Crippen molar-refractivity contribution in [2.45, 2.75) is 35.3 Å². The summed E-state index contributed by atoms with van der Waals surface area (Å²) in [6.07, 6.45) is 0.851. The van der Waals surface area contributed by atoms with Crippen molar-refractivity contribution in [3.8, 4) is 0 Å². The van der Waals surface area contributed by atoms with Crippen LogP contribution in [0.3, 0.4) is 0 Å². The van der Waals surface area contributed by atoms with Crippen molar-refractivity contribution in [3.63, 3.8) is 0 Å². The Balaban J connectivity index is 1.49. The lowest BCUT2D eigenvalue weighted by Crippen LogP contribution is -2.50. The number of allylic oxidation sites excluding steroid dienone is 3. The van der Waals surface area contributed by atoms with Gasteiger partial charge in [0.2, 0.25) is 0 Å². The van der Waals surface area contributed by atoms with Crippen LogP contribution in [-0.2, 0) is 19.2 Å². The molecule has 5 rings (SSSR count). The van der Waals surface area contributed by atoms with Crippen LogP contribution in [0.2, 0.25) is 0 Å². The van der Waals surface area contributed by atoms with Gasteiger partial charge in [-0.1, -0.05) is 34.8 Å². The molecule has 3 heterocycles. The van der Waals surface area contributed by atoms with Gasteiger partial charge in [-0.05, 0) is 19.4 Å². The number of hydrogen-bond acceptors (Lipinski definition) is 4. The summed E-state index contributed by atoms with van der Waals surface area (Å²) in [6, 6.07) is 0. The molecule has 0 spiro atoms. The van der Waals surface area contributed by atoms with Crippen LogP contribution in [0.4, 0.5) is 0 Å². The topological polar surface area (TPSA) is 55.8 Å². The minimum Gasteiger partial charge on any atom is -0.373 e. The van der Waals surface area contributed by atoms with Crippen molar-refractivity contribution in [3.05, 3.63) is 21.2 Å². The van der Waals surface area contributed by atoms with E-state index in [-0.39, 0.29) is 18.4 Å². The fourth-order valence-electron chi connectivity index (χ4n) is 5.62. The number of alkyl halides is 2. The second-order valence-electron chi connectivity index (χ2n) is 7.76. The molecule has 4 bridgehead atoms. The Morgan fingerprint density at radius 1 is 1.15 bits per heavy atom. The van der Waals surface area contributed by atoms with Crippen LogP contribution in [-0.4, -0.2) is 45.4 Å². The van der Waals surface area contributed by atoms with Crippen LogP contribution in [0.1, 0.15) is 13.3 Å². The molecule has 0 radical (unpaired) electrons. The SMILES string of the molecule is C/C(Cl)=C/CON1C(=O)[C@@H]2[C@H]3O[C@@H]([C@@H]2C1=O)[C@@H]1[C@@H]3[C@@]2(Cl)C[C@@]1(Cl)C(Cl)=C2Cl. The molecule has 0 aromatic rings. The Labute approximate surface area is 180 Å². The van der Waals surface area contributed by atoms with Gasteiger partial charge in [0, 0.05) is 16.9 Å². The van der Waals surface area contributed by atoms with E-state index in [0.29, 0.717) is 21.5 Å². The molecule has 0 N–H and O–H groups in total. The van der Waals surface area contributed by atoms with E-state index in [4.69, 9.17) is 67.6 Å². The third kappa shape index (κ3) is 2.12. The molecule has 1 saturated carbocycles. The molecule has 0 aromatic heterocycles. The molecule has 27 heavy (non-hydrogen) atoms. The molecular weight excluding hydrogens is 459 g/mol. The predicted octanol–water partition coefficient (Wildman–Crippen LogP) is 3.74. The van der Waals surface area contributed by atoms with E-state index in [0.717, 1.165) is 5.06 Å². The highest BCUT2D eigenvalue weighted by Crippen LogP contribution is 2.75. The first-order valence-electron chi connectivity index (χ1n) is 8.55. The summed E-state index contributed by atoms with van der Waals surface area (Å²) in [7, 11) is 0. The molecule has 2 amide bonds. The van der Waals surface area contributed by atoms with E-state index >= 15 is 0 Å². The number of halogens is 5. The van der Waals surface area contributed by atoms with Crippen molar-refractivity contribution in [2.24, 2.45) is 23.7 Å². The number of carbonyl (C=O) groups is 2. The first kappa shape index (κ1) is 19.0. The Morgan fingerprint density at radius 3 is 2.07 bits per heavy atom. The van der Waals surface area contributed by atoms with Crippen LogP contribution in [0.5, 0.6) is 0 Å². The number of hydrogen-bond donors (Lipinski definition) is 0. The number of ether oxygens (including phenoxy) is 1. The first-order valence-corrected chi connectivity index (χ1v) is 10.4. The summed E-state index contributed by atoms with van der Waals surface area (Å²) in [5, 5.41) is 1.98. The highest BCUT2D eigenvalue weighted by atomic mass is 35.5. The maximum Gasteiger partial charge on any atom is 0.260 e. The monoisotopic (exact) mass is 471 g/mol. The summed E-state index contributed by atoms with van der Waals surface area (Å²) in [4.78, 5) is 29.2. The lowest BCUT2D eigenvalue weighted by atomic mass is 9.65. The first-order chi connectivity index (χ1) is 12.6. The van der Waals surface area contributed by atoms with Gasteiger partial charge in [-0.25, -0.2) is 0 Å². The van der Waals surface area contributed by atoms with Crippen molar-refractivity contribution >= 4 is 69.8 Å². The molecular formula is C17H14Cl5NO4. The largest absolute Gasteiger partial charge is 0.373 e. The van der Waals surface area contributed by atoms with Gasteiger partial charge in [0.1, 0.15) is 0 Å². The van der Waals surface area contributed by atoms with Crippen LogP contribution in [0.25, 0.3) is 0 Å². The molecule has 3 aliphatic heterocycles. The van der Waals surface area contributed by atoms with Crippen LogP contribution >= 0.6 is 58.0 Å². The summed E-state index contributed by atoms with van der Waals surface area (Å²) in [5.74, 6) is -2.70. The Bertz CT molecular complexity index is 787. The maximum atomic E-state index is 12.9. The Kier molecular flexibility index (Phi) is 4.06. The highest BCUT2D eigenvalue weighted by molar-refractivity contribution is 6.51. The minimum atomic E-state index is -0.967. The van der Waals surface area contributed by atoms with Gasteiger partial charge in [-0.3, -0.25) is 14.4 Å². The smallest absolute Gasteiger partial charge is 0.260 e. The van der Waals surface area contributed by atoms with Crippen LogP contribution in [0, 0.1) is 23.7 Å². The van der Waals surface area contributed by atoms with E-state index in [1.54, 1.807) is 13.0 Å². The lowest BCUT2D eigenvalue weighted by Gasteiger charge is -2.40. The number of carbonyl (C=O) groups excluding carboxylic acids is 2. The average molecular weight is 474 g/mol. The highest BCUT2D eigenvalue weighted by Gasteiger charge is 2.82. The lowest BCUT2D eigenvalue weighted by molar-refractivity contribution is -0.189. The second-order valence-corrected chi connectivity index (χ2v) is 10.5. The predicted molar refractivity (Wildman–Crippen MR) is 101 cm³/mol. The maximum absolute atomic E-state index is 12.9. The number of rotatable bonds is 3. The zero-order valence-corrected chi connectivity index (χ0v) is 17.7. The van der Waals surface area contributed by atoms with Gasteiger partial charge < -0.3 is 4.74 Å². The number of hydroxylamine groups is 2. The molecule has 5 nitrogen and oxygen atoms in total. The summed E-state index contributed by atoms with van der Waals surface area (Å²) in [6.45, 7) is 1.70. The quantitative estimate of drug-likeness (QED) is 0.463. The minimum absolute atomic E-state index is 0.0212. The molecule has 146 valence electrons. The molecule has 3 saturated heterocycles. The average Bonchev–Trinajstić information content (AvgIpc) is 3.32. The normalized spacial score (nSPS) is 50.3. The fourth-order valence-corrected chi connectivity index (χ4v) is 7.70. The molecule has 5 aliphatic rings. The summed E-state index contributed by atoms with van der Waals surface area (Å²) in [5.41, 5.74) is 0. The number of fused-ring (bicyclic) bond motifs is 12. The fraction of sp³-hybridized carbons (Fsp3) is 0.647. The van der Waals surface area contributed by atoms with E-state index in [1.807, 2.05) is 0 Å². The number of imide groups is 1. The van der Waals surface area contributed by atoms with Gasteiger partial charge in [0.25, 0.3) is 11.8 Å². The molecule has 10 heteroatoms. The van der Waals surface area contributed by atoms with Crippen LogP contribution in [0.15, 0.2) is 21.2 Å². The Morgan fingerprint density at radius 2 is 1.63 bits per heavy atom. The van der Waals surface area contributed by atoms with Crippen molar-refractivity contribution in [1.82, 2.24) is 5.06 Å². The van der Waals surface area contributed by atoms with E-state index in [2.05, 4.69) is 0 Å². The van der Waals surface area contributed by atoms with Gasteiger partial charge >= 0.3 is 0 Å². The van der Waals surface area contributed by atoms with Crippen molar-refractivity contribution < 1.29 is 19.2 Å². The zero-order chi connectivity index (χ0) is 19.5. The van der Waals surface area contributed by atoms with Crippen molar-refractivity contribution in [1.29, 1.82) is 0 Å². The van der Waals surface area contributed by atoms with E-state index < -0.39 is 45.6 Å². The molecule has 4 fully saturated rings. The number of nitrogens with zero attached hydrogens (tertiary/aromatic N) is 1. The Hall–Kier alpha value is -0.0100. The van der Waals surface area contributed by atoms with Gasteiger partial charge in [-0.15, -0.1) is 23.2 Å². The third-order valence-corrected chi connectivity index (χ3v) is 9.18. The summed E-state index contributed by atoms with van der Waals surface area (Å²) >= 11 is 32.3. The molecule has 0 unspecified atom stereocenters. The zero-order valence-electron chi connectivity index (χ0n) is 13.9. The second kappa shape index (κ2) is 5.78. The third-order valence-electron chi connectivity index (χ3n) is 6.54. The molecule has 0 aromatic carbocycles. The van der Waals surface area contributed by atoms with E-state index in [1.165, 1.54) is 0 Å². The van der Waals surface area contributed by atoms with Gasteiger partial charge in [0.05, 0.1) is 50.5 Å². The molecule has 2 aliphatic carbocycles. The van der Waals surface area contributed by atoms with E-state index in [9.17, 15) is 9.59 Å². The van der Waals surface area contributed by atoms with Crippen LogP contribution < -0.4 is 0 Å². The van der Waals surface area contributed by atoms with Crippen molar-refractivity contribution in [2.75, 3.05) is 6.61 Å². The summed E-state index contributed by atoms with van der Waals surface area (Å²) < 4.78 is 6.08. The number of amides is 2.